The fourth-order valence-electron chi connectivity index (χ4n) is 2.42. The molecule has 21 heavy (non-hydrogen) atoms. The van der Waals surface area contributed by atoms with Crippen LogP contribution in [0.5, 0.6) is 0 Å². The molecule has 1 fully saturated rings. The maximum atomic E-state index is 13.8. The molecule has 1 atom stereocenters. The van der Waals surface area contributed by atoms with Crippen molar-refractivity contribution < 1.29 is 13.3 Å². The Balaban J connectivity index is 1.89. The maximum Gasteiger partial charge on any atom is 0.261 e. The third-order valence-electron chi connectivity index (χ3n) is 3.55. The Hall–Kier alpha value is -1.53. The maximum absolute atomic E-state index is 13.8. The Kier molecular flexibility index (Phi) is 4.17. The van der Waals surface area contributed by atoms with Crippen molar-refractivity contribution in [2.75, 3.05) is 6.54 Å². The quantitative estimate of drug-likeness (QED) is 0.855. The highest BCUT2D eigenvalue weighted by atomic mass is 35.5. The molecule has 0 radical (unpaired) electrons. The van der Waals surface area contributed by atoms with E-state index in [2.05, 4.69) is 15.5 Å². The topological polar surface area (TPSA) is 51.0 Å². The number of halogens is 3. The summed E-state index contributed by atoms with van der Waals surface area (Å²) in [6, 6.07) is 1.86. The van der Waals surface area contributed by atoms with Crippen molar-refractivity contribution in [1.29, 1.82) is 0 Å². The fraction of sp³-hybridized carbons (Fsp3) is 0.429. The molecule has 1 unspecified atom stereocenters. The SMILES string of the molecule is Fc1cc(-c2nc(C3CCCCCN3)no2)c(F)cc1Cl. The van der Waals surface area contributed by atoms with Gasteiger partial charge in [0.15, 0.2) is 5.82 Å². The number of hydrogen-bond acceptors (Lipinski definition) is 4. The van der Waals surface area contributed by atoms with Crippen LogP contribution in [0.3, 0.4) is 0 Å². The monoisotopic (exact) mass is 313 g/mol. The molecule has 0 aliphatic carbocycles. The number of nitrogens with one attached hydrogen (secondary N) is 1. The van der Waals surface area contributed by atoms with Crippen LogP contribution in [0.1, 0.15) is 37.5 Å². The summed E-state index contributed by atoms with van der Waals surface area (Å²) in [7, 11) is 0. The highest BCUT2D eigenvalue weighted by Crippen LogP contribution is 2.28. The van der Waals surface area contributed by atoms with E-state index < -0.39 is 11.6 Å². The zero-order valence-electron chi connectivity index (χ0n) is 11.2. The minimum Gasteiger partial charge on any atom is -0.334 e. The first-order valence-electron chi connectivity index (χ1n) is 6.87. The molecule has 112 valence electrons. The van der Waals surface area contributed by atoms with Crippen molar-refractivity contribution in [3.63, 3.8) is 0 Å². The van der Waals surface area contributed by atoms with Crippen LogP contribution in [-0.4, -0.2) is 16.7 Å². The molecule has 1 N–H and O–H groups in total. The molecule has 1 aromatic heterocycles. The summed E-state index contributed by atoms with van der Waals surface area (Å²) in [6.45, 7) is 0.887. The number of benzene rings is 1. The van der Waals surface area contributed by atoms with Gasteiger partial charge >= 0.3 is 0 Å². The average molecular weight is 314 g/mol. The number of hydrogen-bond donors (Lipinski definition) is 1. The van der Waals surface area contributed by atoms with Gasteiger partial charge in [-0.05, 0) is 31.5 Å². The van der Waals surface area contributed by atoms with Crippen molar-refractivity contribution in [3.05, 3.63) is 34.6 Å². The Morgan fingerprint density at radius 3 is 2.90 bits per heavy atom. The molecular weight excluding hydrogens is 300 g/mol. The first kappa shape index (κ1) is 14.4. The van der Waals surface area contributed by atoms with Gasteiger partial charge in [0.1, 0.15) is 11.6 Å². The third kappa shape index (κ3) is 3.06. The van der Waals surface area contributed by atoms with E-state index in [4.69, 9.17) is 16.1 Å². The van der Waals surface area contributed by atoms with Crippen LogP contribution in [0.4, 0.5) is 8.78 Å². The lowest BCUT2D eigenvalue weighted by Crippen LogP contribution is -2.21. The van der Waals surface area contributed by atoms with Crippen LogP contribution in [0, 0.1) is 11.6 Å². The summed E-state index contributed by atoms with van der Waals surface area (Å²) in [5, 5.41) is 6.93. The first-order valence-corrected chi connectivity index (χ1v) is 7.25. The summed E-state index contributed by atoms with van der Waals surface area (Å²) >= 11 is 5.53. The van der Waals surface area contributed by atoms with Gasteiger partial charge in [-0.1, -0.05) is 29.6 Å². The van der Waals surface area contributed by atoms with E-state index >= 15 is 0 Å². The second kappa shape index (κ2) is 6.07. The molecule has 0 bridgehead atoms. The minimum atomic E-state index is -0.722. The van der Waals surface area contributed by atoms with Crippen LogP contribution < -0.4 is 5.32 Å². The molecule has 7 heteroatoms. The molecule has 2 heterocycles. The molecule has 0 spiro atoms. The van der Waals surface area contributed by atoms with Gasteiger partial charge in [0, 0.05) is 0 Å². The predicted molar refractivity (Wildman–Crippen MR) is 73.9 cm³/mol. The number of nitrogens with zero attached hydrogens (tertiary/aromatic N) is 2. The van der Waals surface area contributed by atoms with Gasteiger partial charge in [0.05, 0.1) is 16.6 Å². The zero-order chi connectivity index (χ0) is 14.8. The van der Waals surface area contributed by atoms with Gasteiger partial charge in [0.25, 0.3) is 5.89 Å². The van der Waals surface area contributed by atoms with Crippen LogP contribution in [0.2, 0.25) is 5.02 Å². The van der Waals surface area contributed by atoms with Gasteiger partial charge in [-0.25, -0.2) is 8.78 Å². The predicted octanol–water partition coefficient (Wildman–Crippen LogP) is 3.87. The van der Waals surface area contributed by atoms with Crippen molar-refractivity contribution >= 4 is 11.6 Å². The lowest BCUT2D eigenvalue weighted by atomic mass is 10.1. The minimum absolute atomic E-state index is 0.00907. The van der Waals surface area contributed by atoms with E-state index in [-0.39, 0.29) is 22.5 Å². The molecule has 1 aromatic carbocycles. The van der Waals surface area contributed by atoms with Crippen molar-refractivity contribution in [2.45, 2.75) is 31.7 Å². The molecule has 4 nitrogen and oxygen atoms in total. The van der Waals surface area contributed by atoms with Gasteiger partial charge in [-0.3, -0.25) is 0 Å². The lowest BCUT2D eigenvalue weighted by Gasteiger charge is -2.09. The molecule has 1 saturated heterocycles. The summed E-state index contributed by atoms with van der Waals surface area (Å²) in [4.78, 5) is 4.19. The highest BCUT2D eigenvalue weighted by molar-refractivity contribution is 6.30. The second-order valence-electron chi connectivity index (χ2n) is 5.06. The highest BCUT2D eigenvalue weighted by Gasteiger charge is 2.22. The summed E-state index contributed by atoms with van der Waals surface area (Å²) in [6.07, 6.45) is 4.24. The normalized spacial score (nSPS) is 19.5. The molecule has 1 aliphatic heterocycles. The molecule has 1 aliphatic rings. The summed E-state index contributed by atoms with van der Waals surface area (Å²) in [5.41, 5.74) is -0.0794. The second-order valence-corrected chi connectivity index (χ2v) is 5.47. The van der Waals surface area contributed by atoms with Gasteiger partial charge in [0.2, 0.25) is 0 Å². The van der Waals surface area contributed by atoms with Crippen molar-refractivity contribution in [2.24, 2.45) is 0 Å². The Labute approximate surface area is 125 Å². The van der Waals surface area contributed by atoms with Crippen LogP contribution in [-0.2, 0) is 0 Å². The Bertz CT molecular complexity index is 639. The fourth-order valence-corrected chi connectivity index (χ4v) is 2.57. The first-order chi connectivity index (χ1) is 10.1. The molecule has 0 saturated carbocycles. The van der Waals surface area contributed by atoms with Crippen molar-refractivity contribution in [3.8, 4) is 11.5 Å². The zero-order valence-corrected chi connectivity index (χ0v) is 12.0. The van der Waals surface area contributed by atoms with E-state index in [0.29, 0.717) is 5.82 Å². The Morgan fingerprint density at radius 2 is 2.05 bits per heavy atom. The molecule has 2 aromatic rings. The number of aromatic nitrogens is 2. The average Bonchev–Trinajstić information content (AvgIpc) is 2.78. The van der Waals surface area contributed by atoms with E-state index in [1.807, 2.05) is 0 Å². The van der Waals surface area contributed by atoms with Crippen LogP contribution in [0.15, 0.2) is 16.7 Å². The van der Waals surface area contributed by atoms with E-state index in [1.54, 1.807) is 0 Å². The van der Waals surface area contributed by atoms with Crippen LogP contribution in [0.25, 0.3) is 11.5 Å². The largest absolute Gasteiger partial charge is 0.334 e. The summed E-state index contributed by atoms with van der Waals surface area (Å²) < 4.78 is 32.4. The van der Waals surface area contributed by atoms with Gasteiger partial charge in [-0.2, -0.15) is 4.98 Å². The van der Waals surface area contributed by atoms with Crippen LogP contribution >= 0.6 is 11.6 Å². The lowest BCUT2D eigenvalue weighted by molar-refractivity contribution is 0.400. The van der Waals surface area contributed by atoms with E-state index in [9.17, 15) is 8.78 Å². The smallest absolute Gasteiger partial charge is 0.261 e. The molecule has 3 rings (SSSR count). The standard InChI is InChI=1S/C14H14ClF2N3O/c15-9-7-10(16)8(6-11(9)17)14-19-13(20-21-14)12-4-2-1-3-5-18-12/h6-7,12,18H,1-5H2. The van der Waals surface area contributed by atoms with E-state index in [0.717, 1.165) is 44.4 Å². The summed E-state index contributed by atoms with van der Waals surface area (Å²) in [5.74, 6) is -0.975. The Morgan fingerprint density at radius 1 is 1.19 bits per heavy atom. The van der Waals surface area contributed by atoms with Gasteiger partial charge < -0.3 is 9.84 Å². The van der Waals surface area contributed by atoms with E-state index in [1.165, 1.54) is 0 Å². The van der Waals surface area contributed by atoms with Gasteiger partial charge in [-0.15, -0.1) is 0 Å². The van der Waals surface area contributed by atoms with Crippen molar-refractivity contribution in [1.82, 2.24) is 15.5 Å². The molecule has 0 amide bonds. The number of rotatable bonds is 2. The molecular formula is C14H14ClF2N3O. The third-order valence-corrected chi connectivity index (χ3v) is 3.84.